The van der Waals surface area contributed by atoms with Crippen LogP contribution in [-0.2, 0) is 22.4 Å². The highest BCUT2D eigenvalue weighted by molar-refractivity contribution is 6.02. The first-order valence-electron chi connectivity index (χ1n) is 9.44. The third-order valence-electron chi connectivity index (χ3n) is 4.68. The fraction of sp³-hybridized carbons (Fsp3) is 0.364. The third kappa shape index (κ3) is 4.67. The van der Waals surface area contributed by atoms with Gasteiger partial charge in [0.15, 0.2) is 6.10 Å². The van der Waals surface area contributed by atoms with Crippen LogP contribution in [0.4, 0.5) is 5.69 Å². The molecule has 0 unspecified atom stereocenters. The SMILES string of the molecule is CCOC(=O)c1ccccc1NC(=O)[C@H](C)Oc1ccc2c(c1)CCCC2. The van der Waals surface area contributed by atoms with Gasteiger partial charge in [-0.15, -0.1) is 0 Å². The molecular weight excluding hydrogens is 342 g/mol. The van der Waals surface area contributed by atoms with Crippen LogP contribution in [0.15, 0.2) is 42.5 Å². The minimum Gasteiger partial charge on any atom is -0.481 e. The molecule has 0 heterocycles. The maximum atomic E-state index is 12.6. The van der Waals surface area contributed by atoms with Gasteiger partial charge in [-0.05, 0) is 74.9 Å². The van der Waals surface area contributed by atoms with Gasteiger partial charge in [0.1, 0.15) is 5.75 Å². The fourth-order valence-electron chi connectivity index (χ4n) is 3.25. The number of benzene rings is 2. The number of carbonyl (C=O) groups is 2. The Morgan fingerprint density at radius 1 is 1.07 bits per heavy atom. The Morgan fingerprint density at radius 3 is 2.59 bits per heavy atom. The van der Waals surface area contributed by atoms with Gasteiger partial charge >= 0.3 is 5.97 Å². The molecule has 2 aromatic carbocycles. The summed E-state index contributed by atoms with van der Waals surface area (Å²) in [5, 5.41) is 2.77. The molecule has 0 aromatic heterocycles. The lowest BCUT2D eigenvalue weighted by molar-refractivity contribution is -0.122. The summed E-state index contributed by atoms with van der Waals surface area (Å²) in [6.45, 7) is 3.72. The van der Waals surface area contributed by atoms with E-state index in [1.165, 1.54) is 24.0 Å². The molecule has 0 aliphatic heterocycles. The molecule has 142 valence electrons. The van der Waals surface area contributed by atoms with Crippen molar-refractivity contribution in [2.45, 2.75) is 45.6 Å². The minimum absolute atomic E-state index is 0.277. The van der Waals surface area contributed by atoms with Crippen molar-refractivity contribution >= 4 is 17.6 Å². The molecule has 3 rings (SSSR count). The molecule has 0 bridgehead atoms. The molecule has 1 aliphatic rings. The number of ether oxygens (including phenoxy) is 2. The predicted molar refractivity (Wildman–Crippen MR) is 104 cm³/mol. The van der Waals surface area contributed by atoms with Gasteiger partial charge in [0.05, 0.1) is 17.9 Å². The summed E-state index contributed by atoms with van der Waals surface area (Å²) in [5.74, 6) is -0.0851. The zero-order chi connectivity index (χ0) is 19.2. The number of hydrogen-bond donors (Lipinski definition) is 1. The van der Waals surface area contributed by atoms with E-state index in [0.29, 0.717) is 17.0 Å². The number of rotatable bonds is 6. The van der Waals surface area contributed by atoms with Crippen molar-refractivity contribution in [2.24, 2.45) is 0 Å². The van der Waals surface area contributed by atoms with E-state index in [4.69, 9.17) is 9.47 Å². The lowest BCUT2D eigenvalue weighted by Gasteiger charge is -2.19. The van der Waals surface area contributed by atoms with E-state index >= 15 is 0 Å². The van der Waals surface area contributed by atoms with Crippen molar-refractivity contribution in [2.75, 3.05) is 11.9 Å². The standard InChI is InChI=1S/C22H25NO4/c1-3-26-22(25)19-10-6-7-11-20(19)23-21(24)15(2)27-18-13-12-16-8-4-5-9-17(16)14-18/h6-7,10-15H,3-5,8-9H2,1-2H3,(H,23,24)/t15-/m0/s1. The number of aryl methyl sites for hydroxylation is 2. The second-order valence-electron chi connectivity index (χ2n) is 6.65. The molecule has 0 spiro atoms. The number of fused-ring (bicyclic) bond motifs is 1. The molecular formula is C22H25NO4. The Balaban J connectivity index is 1.67. The van der Waals surface area contributed by atoms with Crippen LogP contribution in [0.25, 0.3) is 0 Å². The maximum absolute atomic E-state index is 12.6. The van der Waals surface area contributed by atoms with Crippen LogP contribution < -0.4 is 10.1 Å². The van der Waals surface area contributed by atoms with Gasteiger partial charge in [0.2, 0.25) is 0 Å². The van der Waals surface area contributed by atoms with Gasteiger partial charge in [-0.2, -0.15) is 0 Å². The number of carbonyl (C=O) groups excluding carboxylic acids is 2. The second-order valence-corrected chi connectivity index (χ2v) is 6.65. The van der Waals surface area contributed by atoms with E-state index < -0.39 is 12.1 Å². The van der Waals surface area contributed by atoms with Gasteiger partial charge in [-0.25, -0.2) is 4.79 Å². The van der Waals surface area contributed by atoms with Gasteiger partial charge < -0.3 is 14.8 Å². The average Bonchev–Trinajstić information content (AvgIpc) is 2.68. The maximum Gasteiger partial charge on any atom is 0.340 e. The molecule has 0 radical (unpaired) electrons. The van der Waals surface area contributed by atoms with E-state index in [1.54, 1.807) is 38.1 Å². The van der Waals surface area contributed by atoms with E-state index in [1.807, 2.05) is 12.1 Å². The summed E-state index contributed by atoms with van der Waals surface area (Å²) < 4.78 is 10.9. The van der Waals surface area contributed by atoms with Crippen LogP contribution in [0.1, 0.15) is 48.2 Å². The highest BCUT2D eigenvalue weighted by Crippen LogP contribution is 2.26. The first-order chi connectivity index (χ1) is 13.1. The van der Waals surface area contributed by atoms with E-state index in [9.17, 15) is 9.59 Å². The summed E-state index contributed by atoms with van der Waals surface area (Å²) in [4.78, 5) is 24.6. The van der Waals surface area contributed by atoms with Gasteiger partial charge in [0, 0.05) is 0 Å². The summed E-state index contributed by atoms with van der Waals surface area (Å²) in [5.41, 5.74) is 3.42. The first kappa shape index (κ1) is 19.0. The van der Waals surface area contributed by atoms with Crippen LogP contribution in [0.3, 0.4) is 0 Å². The number of nitrogens with one attached hydrogen (secondary N) is 1. The molecule has 5 nitrogen and oxygen atoms in total. The van der Waals surface area contributed by atoms with Crippen LogP contribution in [0.5, 0.6) is 5.75 Å². The zero-order valence-electron chi connectivity index (χ0n) is 15.8. The van der Waals surface area contributed by atoms with Crippen LogP contribution in [0.2, 0.25) is 0 Å². The Bertz CT molecular complexity index is 831. The molecule has 2 aromatic rings. The topological polar surface area (TPSA) is 64.6 Å². The lowest BCUT2D eigenvalue weighted by atomic mass is 9.92. The summed E-state index contributed by atoms with van der Waals surface area (Å²) in [6.07, 6.45) is 3.89. The molecule has 1 amide bonds. The first-order valence-corrected chi connectivity index (χ1v) is 9.44. The number of anilines is 1. The van der Waals surface area contributed by atoms with Crippen LogP contribution >= 0.6 is 0 Å². The number of para-hydroxylation sites is 1. The average molecular weight is 367 g/mol. The Morgan fingerprint density at radius 2 is 1.81 bits per heavy atom. The van der Waals surface area contributed by atoms with E-state index in [-0.39, 0.29) is 12.5 Å². The monoisotopic (exact) mass is 367 g/mol. The van der Waals surface area contributed by atoms with Gasteiger partial charge in [0.25, 0.3) is 5.91 Å². The van der Waals surface area contributed by atoms with Crippen molar-refractivity contribution in [3.05, 3.63) is 59.2 Å². The highest BCUT2D eigenvalue weighted by Gasteiger charge is 2.19. The van der Waals surface area contributed by atoms with Crippen molar-refractivity contribution < 1.29 is 19.1 Å². The van der Waals surface area contributed by atoms with Crippen molar-refractivity contribution in [3.8, 4) is 5.75 Å². The quantitative estimate of drug-likeness (QED) is 0.779. The smallest absolute Gasteiger partial charge is 0.340 e. The molecule has 0 saturated carbocycles. The van der Waals surface area contributed by atoms with Crippen molar-refractivity contribution in [3.63, 3.8) is 0 Å². The third-order valence-corrected chi connectivity index (χ3v) is 4.68. The summed E-state index contributed by atoms with van der Waals surface area (Å²) in [7, 11) is 0. The highest BCUT2D eigenvalue weighted by atomic mass is 16.5. The Hall–Kier alpha value is -2.82. The van der Waals surface area contributed by atoms with E-state index in [0.717, 1.165) is 12.8 Å². The molecule has 1 N–H and O–H groups in total. The number of hydrogen-bond acceptors (Lipinski definition) is 4. The largest absolute Gasteiger partial charge is 0.481 e. The molecule has 1 aliphatic carbocycles. The fourth-order valence-corrected chi connectivity index (χ4v) is 3.25. The predicted octanol–water partition coefficient (Wildman–Crippen LogP) is 4.15. The normalized spacial score (nSPS) is 14.0. The Kier molecular flexibility index (Phi) is 6.12. The summed E-state index contributed by atoms with van der Waals surface area (Å²) in [6, 6.07) is 12.8. The van der Waals surface area contributed by atoms with Crippen LogP contribution in [0, 0.1) is 0 Å². The molecule has 27 heavy (non-hydrogen) atoms. The lowest BCUT2D eigenvalue weighted by Crippen LogP contribution is -2.31. The summed E-state index contributed by atoms with van der Waals surface area (Å²) >= 11 is 0. The van der Waals surface area contributed by atoms with Crippen LogP contribution in [-0.4, -0.2) is 24.6 Å². The van der Waals surface area contributed by atoms with Gasteiger partial charge in [-0.3, -0.25) is 4.79 Å². The molecule has 5 heteroatoms. The number of amides is 1. The number of esters is 1. The Labute approximate surface area is 159 Å². The molecule has 0 fully saturated rings. The van der Waals surface area contributed by atoms with Gasteiger partial charge in [-0.1, -0.05) is 18.2 Å². The molecule has 0 saturated heterocycles. The van der Waals surface area contributed by atoms with Crippen molar-refractivity contribution in [1.29, 1.82) is 0 Å². The molecule has 1 atom stereocenters. The zero-order valence-corrected chi connectivity index (χ0v) is 15.8. The van der Waals surface area contributed by atoms with E-state index in [2.05, 4.69) is 11.4 Å². The minimum atomic E-state index is -0.693. The second kappa shape index (κ2) is 8.71. The van der Waals surface area contributed by atoms with Crippen molar-refractivity contribution in [1.82, 2.24) is 0 Å².